The van der Waals surface area contributed by atoms with Gasteiger partial charge in [-0.25, -0.2) is 0 Å². The molecule has 0 heterocycles. The number of rotatable bonds is 4. The van der Waals surface area contributed by atoms with Gasteiger partial charge in [-0.2, -0.15) is 0 Å². The fourth-order valence-corrected chi connectivity index (χ4v) is 1.47. The Kier molecular flexibility index (Phi) is 4.33. The maximum Gasteiger partial charge on any atom is 0.119 e. The lowest BCUT2D eigenvalue weighted by molar-refractivity contribution is 0.218. The third kappa shape index (κ3) is 3.83. The maximum atomic E-state index is 5.68. The van der Waals surface area contributed by atoms with Crippen molar-refractivity contribution in [2.24, 2.45) is 5.84 Å². The summed E-state index contributed by atoms with van der Waals surface area (Å²) in [5.74, 6) is 6.12. The Morgan fingerprint density at radius 3 is 2.25 bits per heavy atom. The van der Waals surface area contributed by atoms with Gasteiger partial charge in [0, 0.05) is 6.54 Å². The first-order valence-electron chi connectivity index (χ1n) is 5.64. The Labute approximate surface area is 98.0 Å². The van der Waals surface area contributed by atoms with Gasteiger partial charge >= 0.3 is 0 Å². The minimum atomic E-state index is 0.0745. The highest BCUT2D eigenvalue weighted by Crippen LogP contribution is 2.24. The fourth-order valence-electron chi connectivity index (χ4n) is 1.47. The molecule has 0 saturated heterocycles. The highest BCUT2D eigenvalue weighted by atomic mass is 16.5. The Morgan fingerprint density at radius 1 is 1.25 bits per heavy atom. The van der Waals surface area contributed by atoms with Crippen molar-refractivity contribution in [2.45, 2.75) is 39.2 Å². The van der Waals surface area contributed by atoms with E-state index in [4.69, 9.17) is 10.6 Å². The van der Waals surface area contributed by atoms with Crippen molar-refractivity contribution >= 4 is 0 Å². The average Bonchev–Trinajstić information content (AvgIpc) is 2.17. The molecule has 3 nitrogen and oxygen atoms in total. The minimum Gasteiger partial charge on any atom is -0.489 e. The number of hydrogen-bond acceptors (Lipinski definition) is 3. The van der Waals surface area contributed by atoms with Gasteiger partial charge in [0.05, 0.1) is 0 Å². The Bertz CT molecular complexity index is 314. The quantitative estimate of drug-likeness (QED) is 0.606. The van der Waals surface area contributed by atoms with Gasteiger partial charge in [-0.3, -0.25) is 11.3 Å². The first kappa shape index (κ1) is 13.0. The number of ether oxygens (including phenoxy) is 1. The summed E-state index contributed by atoms with van der Waals surface area (Å²) in [6.45, 7) is 9.22. The van der Waals surface area contributed by atoms with E-state index in [1.807, 2.05) is 19.1 Å². The van der Waals surface area contributed by atoms with Crippen molar-refractivity contribution in [3.05, 3.63) is 29.8 Å². The summed E-state index contributed by atoms with van der Waals surface area (Å²) >= 11 is 0. The van der Waals surface area contributed by atoms with E-state index >= 15 is 0 Å². The molecule has 0 fully saturated rings. The van der Waals surface area contributed by atoms with Crippen LogP contribution in [0.15, 0.2) is 24.3 Å². The lowest BCUT2D eigenvalue weighted by Gasteiger charge is -2.20. The van der Waals surface area contributed by atoms with Crippen LogP contribution >= 0.6 is 0 Å². The molecule has 1 unspecified atom stereocenters. The molecule has 0 saturated carbocycles. The van der Waals surface area contributed by atoms with Crippen LogP contribution in [0, 0.1) is 0 Å². The van der Waals surface area contributed by atoms with Crippen molar-refractivity contribution in [1.82, 2.24) is 5.43 Å². The largest absolute Gasteiger partial charge is 0.489 e. The standard InChI is InChI=1S/C13H22N2O/c1-10(9-15-14)16-12-7-5-11(6-8-12)13(2,3)4/h5-8,10,15H,9,14H2,1-4H3. The van der Waals surface area contributed by atoms with E-state index in [-0.39, 0.29) is 11.5 Å². The van der Waals surface area contributed by atoms with Crippen LogP contribution in [0.5, 0.6) is 5.75 Å². The maximum absolute atomic E-state index is 5.68. The topological polar surface area (TPSA) is 47.3 Å². The van der Waals surface area contributed by atoms with Gasteiger partial charge in [0.25, 0.3) is 0 Å². The zero-order valence-corrected chi connectivity index (χ0v) is 10.6. The Balaban J connectivity index is 2.65. The second-order valence-electron chi connectivity index (χ2n) is 5.11. The predicted octanol–water partition coefficient (Wildman–Crippen LogP) is 2.21. The third-order valence-corrected chi connectivity index (χ3v) is 2.46. The number of hydrazine groups is 1. The molecule has 1 aromatic carbocycles. The predicted molar refractivity (Wildman–Crippen MR) is 67.4 cm³/mol. The van der Waals surface area contributed by atoms with Crippen LogP contribution in [0.3, 0.4) is 0 Å². The molecule has 16 heavy (non-hydrogen) atoms. The van der Waals surface area contributed by atoms with Crippen LogP contribution < -0.4 is 16.0 Å². The Hall–Kier alpha value is -1.06. The van der Waals surface area contributed by atoms with Gasteiger partial charge in [0.15, 0.2) is 0 Å². The summed E-state index contributed by atoms with van der Waals surface area (Å²) in [7, 11) is 0. The summed E-state index contributed by atoms with van der Waals surface area (Å²) in [4.78, 5) is 0. The number of nitrogens with one attached hydrogen (secondary N) is 1. The summed E-state index contributed by atoms with van der Waals surface area (Å²) in [5, 5.41) is 0. The lowest BCUT2D eigenvalue weighted by atomic mass is 9.87. The van der Waals surface area contributed by atoms with Gasteiger partial charge in [0.2, 0.25) is 0 Å². The molecule has 0 amide bonds. The van der Waals surface area contributed by atoms with Crippen LogP contribution in [-0.2, 0) is 5.41 Å². The van der Waals surface area contributed by atoms with Gasteiger partial charge in [-0.15, -0.1) is 0 Å². The van der Waals surface area contributed by atoms with Crippen LogP contribution in [0.2, 0.25) is 0 Å². The molecular formula is C13H22N2O. The fraction of sp³-hybridized carbons (Fsp3) is 0.538. The van der Waals surface area contributed by atoms with Crippen molar-refractivity contribution in [3.8, 4) is 5.75 Å². The van der Waals surface area contributed by atoms with E-state index < -0.39 is 0 Å². The third-order valence-electron chi connectivity index (χ3n) is 2.46. The van der Waals surface area contributed by atoms with E-state index in [1.165, 1.54) is 5.56 Å². The average molecular weight is 222 g/mol. The lowest BCUT2D eigenvalue weighted by Crippen LogP contribution is -2.33. The first-order chi connectivity index (χ1) is 7.43. The molecule has 3 N–H and O–H groups in total. The van der Waals surface area contributed by atoms with E-state index in [0.717, 1.165) is 5.75 Å². The minimum absolute atomic E-state index is 0.0745. The molecule has 90 valence electrons. The van der Waals surface area contributed by atoms with E-state index in [9.17, 15) is 0 Å². The van der Waals surface area contributed by atoms with Gasteiger partial charge in [0.1, 0.15) is 11.9 Å². The molecule has 3 heteroatoms. The summed E-state index contributed by atoms with van der Waals surface area (Å²) in [5.41, 5.74) is 4.09. The molecule has 0 aromatic heterocycles. The SMILES string of the molecule is CC(CNN)Oc1ccc(C(C)(C)C)cc1. The first-order valence-corrected chi connectivity index (χ1v) is 5.64. The van der Waals surface area contributed by atoms with Crippen LogP contribution in [0.4, 0.5) is 0 Å². The normalized spacial score (nSPS) is 13.6. The summed E-state index contributed by atoms with van der Waals surface area (Å²) in [6.07, 6.45) is 0.0745. The molecule has 0 spiro atoms. The smallest absolute Gasteiger partial charge is 0.119 e. The van der Waals surface area contributed by atoms with E-state index in [1.54, 1.807) is 0 Å². The second kappa shape index (κ2) is 5.32. The van der Waals surface area contributed by atoms with Crippen molar-refractivity contribution in [2.75, 3.05) is 6.54 Å². The van der Waals surface area contributed by atoms with Gasteiger partial charge < -0.3 is 4.74 Å². The summed E-state index contributed by atoms with van der Waals surface area (Å²) < 4.78 is 5.68. The zero-order valence-electron chi connectivity index (χ0n) is 10.6. The van der Waals surface area contributed by atoms with Crippen molar-refractivity contribution < 1.29 is 4.74 Å². The molecule has 0 radical (unpaired) electrons. The van der Waals surface area contributed by atoms with E-state index in [2.05, 4.69) is 38.3 Å². The number of benzene rings is 1. The number of nitrogens with two attached hydrogens (primary N) is 1. The molecule has 1 atom stereocenters. The molecule has 1 rings (SSSR count). The molecule has 0 aliphatic heterocycles. The van der Waals surface area contributed by atoms with E-state index in [0.29, 0.717) is 6.54 Å². The molecular weight excluding hydrogens is 200 g/mol. The monoisotopic (exact) mass is 222 g/mol. The highest BCUT2D eigenvalue weighted by molar-refractivity contribution is 5.31. The van der Waals surface area contributed by atoms with Crippen molar-refractivity contribution in [1.29, 1.82) is 0 Å². The van der Waals surface area contributed by atoms with Crippen LogP contribution in [0.1, 0.15) is 33.3 Å². The van der Waals surface area contributed by atoms with Gasteiger partial charge in [-0.05, 0) is 30.0 Å². The molecule has 0 bridgehead atoms. The molecule has 0 aliphatic rings. The van der Waals surface area contributed by atoms with Gasteiger partial charge in [-0.1, -0.05) is 32.9 Å². The second-order valence-corrected chi connectivity index (χ2v) is 5.11. The van der Waals surface area contributed by atoms with Crippen molar-refractivity contribution in [3.63, 3.8) is 0 Å². The highest BCUT2D eigenvalue weighted by Gasteiger charge is 2.13. The zero-order chi connectivity index (χ0) is 12.2. The molecule has 1 aromatic rings. The number of hydrogen-bond donors (Lipinski definition) is 2. The Morgan fingerprint density at radius 2 is 1.81 bits per heavy atom. The molecule has 0 aliphatic carbocycles. The summed E-state index contributed by atoms with van der Waals surface area (Å²) in [6, 6.07) is 8.23. The van der Waals surface area contributed by atoms with Crippen LogP contribution in [-0.4, -0.2) is 12.6 Å². The van der Waals surface area contributed by atoms with Crippen LogP contribution in [0.25, 0.3) is 0 Å².